The summed E-state index contributed by atoms with van der Waals surface area (Å²) in [6.45, 7) is 2.95. The number of rotatable bonds is 2. The average Bonchev–Trinajstić information content (AvgIpc) is 2.63. The van der Waals surface area contributed by atoms with E-state index in [-0.39, 0.29) is 6.04 Å². The third-order valence-corrected chi connectivity index (χ3v) is 3.34. The van der Waals surface area contributed by atoms with Gasteiger partial charge in [-0.05, 0) is 15.9 Å². The number of aromatic nitrogens is 2. The van der Waals surface area contributed by atoms with Gasteiger partial charge in [-0.3, -0.25) is 4.90 Å². The van der Waals surface area contributed by atoms with Crippen LogP contribution in [0.2, 0.25) is 0 Å². The largest absolute Gasteiger partial charge is 0.379 e. The molecule has 1 saturated heterocycles. The van der Waals surface area contributed by atoms with Crippen LogP contribution >= 0.6 is 15.9 Å². The van der Waals surface area contributed by atoms with Crippen LogP contribution in [0.1, 0.15) is 11.7 Å². The Morgan fingerprint density at radius 2 is 2.25 bits per heavy atom. The third kappa shape index (κ3) is 2.12. The molecule has 16 heavy (non-hydrogen) atoms. The molecule has 0 aliphatic carbocycles. The second-order valence-corrected chi connectivity index (χ2v) is 4.46. The Bertz CT molecular complexity index is 386. The van der Waals surface area contributed by atoms with Crippen molar-refractivity contribution in [1.82, 2.24) is 14.5 Å². The minimum absolute atomic E-state index is 0.259. The lowest BCUT2D eigenvalue weighted by Crippen LogP contribution is -2.39. The van der Waals surface area contributed by atoms with E-state index < -0.39 is 0 Å². The second-order valence-electron chi connectivity index (χ2n) is 3.71. The van der Waals surface area contributed by atoms with Gasteiger partial charge in [0.15, 0.2) is 0 Å². The normalized spacial score (nSPS) is 19.3. The van der Waals surface area contributed by atoms with Gasteiger partial charge < -0.3 is 9.30 Å². The predicted octanol–water partition coefficient (Wildman–Crippen LogP) is 1.08. The van der Waals surface area contributed by atoms with Crippen LogP contribution in [0.4, 0.5) is 0 Å². The van der Waals surface area contributed by atoms with E-state index in [0.29, 0.717) is 13.2 Å². The van der Waals surface area contributed by atoms with Gasteiger partial charge in [0.05, 0.1) is 31.3 Å². The van der Waals surface area contributed by atoms with Crippen molar-refractivity contribution < 1.29 is 4.74 Å². The van der Waals surface area contributed by atoms with E-state index in [2.05, 4.69) is 31.9 Å². The van der Waals surface area contributed by atoms with Crippen LogP contribution in [0.5, 0.6) is 0 Å². The van der Waals surface area contributed by atoms with Crippen molar-refractivity contribution >= 4 is 15.9 Å². The lowest BCUT2D eigenvalue weighted by molar-refractivity contribution is 0.0254. The van der Waals surface area contributed by atoms with Gasteiger partial charge >= 0.3 is 0 Å². The fourth-order valence-corrected chi connectivity index (χ4v) is 2.46. The van der Waals surface area contributed by atoms with Crippen LogP contribution < -0.4 is 0 Å². The van der Waals surface area contributed by atoms with Gasteiger partial charge in [-0.2, -0.15) is 5.26 Å². The Labute approximate surface area is 103 Å². The molecule has 2 heterocycles. The molecule has 5 nitrogen and oxygen atoms in total. The first-order valence-corrected chi connectivity index (χ1v) is 5.91. The second kappa shape index (κ2) is 4.95. The van der Waals surface area contributed by atoms with Crippen LogP contribution in [-0.4, -0.2) is 40.8 Å². The third-order valence-electron chi connectivity index (χ3n) is 2.73. The van der Waals surface area contributed by atoms with E-state index >= 15 is 0 Å². The van der Waals surface area contributed by atoms with Crippen molar-refractivity contribution in [3.05, 3.63) is 16.6 Å². The molecule has 1 atom stereocenters. The minimum Gasteiger partial charge on any atom is -0.379 e. The molecule has 0 radical (unpaired) electrons. The molecule has 2 rings (SSSR count). The topological polar surface area (TPSA) is 54.1 Å². The van der Waals surface area contributed by atoms with Gasteiger partial charge in [0.25, 0.3) is 0 Å². The molecule has 0 spiro atoms. The highest BCUT2D eigenvalue weighted by Crippen LogP contribution is 2.26. The van der Waals surface area contributed by atoms with Crippen molar-refractivity contribution in [2.24, 2.45) is 7.05 Å². The van der Waals surface area contributed by atoms with Crippen LogP contribution in [0.25, 0.3) is 0 Å². The molecule has 0 saturated carbocycles. The molecule has 1 aromatic heterocycles. The van der Waals surface area contributed by atoms with Gasteiger partial charge in [0.2, 0.25) is 0 Å². The van der Waals surface area contributed by atoms with E-state index in [1.165, 1.54) is 0 Å². The van der Waals surface area contributed by atoms with Gasteiger partial charge in [0.1, 0.15) is 10.6 Å². The zero-order valence-electron chi connectivity index (χ0n) is 9.06. The number of hydrogen-bond acceptors (Lipinski definition) is 4. The van der Waals surface area contributed by atoms with E-state index in [0.717, 1.165) is 23.4 Å². The maximum absolute atomic E-state index is 9.30. The molecule has 1 unspecified atom stereocenters. The first kappa shape index (κ1) is 11.6. The molecule has 1 aliphatic heterocycles. The highest BCUT2D eigenvalue weighted by Gasteiger charge is 2.26. The Morgan fingerprint density at radius 1 is 1.56 bits per heavy atom. The van der Waals surface area contributed by atoms with E-state index in [1.54, 1.807) is 6.33 Å². The van der Waals surface area contributed by atoms with Crippen LogP contribution in [0.15, 0.2) is 10.9 Å². The predicted molar refractivity (Wildman–Crippen MR) is 61.7 cm³/mol. The summed E-state index contributed by atoms with van der Waals surface area (Å²) in [6.07, 6.45) is 1.71. The van der Waals surface area contributed by atoms with Gasteiger partial charge in [-0.15, -0.1) is 0 Å². The highest BCUT2D eigenvalue weighted by atomic mass is 79.9. The molecule has 1 fully saturated rings. The van der Waals surface area contributed by atoms with Crippen molar-refractivity contribution in [3.8, 4) is 6.07 Å². The average molecular weight is 285 g/mol. The quantitative estimate of drug-likeness (QED) is 0.816. The van der Waals surface area contributed by atoms with Crippen molar-refractivity contribution in [2.45, 2.75) is 6.04 Å². The number of halogens is 1. The Balaban J connectivity index is 2.25. The first-order chi connectivity index (χ1) is 7.74. The standard InChI is InChI=1S/C10H13BrN4O/c1-14-7-13-10(11)9(14)8(6-12)15-2-4-16-5-3-15/h7-8H,2-5H2,1H3. The molecular weight excluding hydrogens is 272 g/mol. The first-order valence-electron chi connectivity index (χ1n) is 5.12. The number of aryl methyl sites for hydroxylation is 1. The zero-order valence-corrected chi connectivity index (χ0v) is 10.6. The Morgan fingerprint density at radius 3 is 2.75 bits per heavy atom. The summed E-state index contributed by atoms with van der Waals surface area (Å²) in [6, 6.07) is 2.08. The Kier molecular flexibility index (Phi) is 3.59. The van der Waals surface area contributed by atoms with Gasteiger partial charge in [0, 0.05) is 20.1 Å². The smallest absolute Gasteiger partial charge is 0.141 e. The summed E-state index contributed by atoms with van der Waals surface area (Å²) < 4.78 is 7.91. The number of hydrogen-bond donors (Lipinski definition) is 0. The van der Waals surface area contributed by atoms with E-state index in [1.807, 2.05) is 11.6 Å². The molecule has 0 N–H and O–H groups in total. The number of imidazole rings is 1. The van der Waals surface area contributed by atoms with Crippen LogP contribution in [-0.2, 0) is 11.8 Å². The summed E-state index contributed by atoms with van der Waals surface area (Å²) in [5.41, 5.74) is 0.907. The van der Waals surface area contributed by atoms with E-state index in [9.17, 15) is 5.26 Å². The zero-order chi connectivity index (χ0) is 11.5. The van der Waals surface area contributed by atoms with Crippen molar-refractivity contribution in [3.63, 3.8) is 0 Å². The van der Waals surface area contributed by atoms with Gasteiger partial charge in [-0.25, -0.2) is 4.98 Å². The monoisotopic (exact) mass is 284 g/mol. The summed E-state index contributed by atoms with van der Waals surface area (Å²) in [7, 11) is 1.90. The number of nitrogens with zero attached hydrogens (tertiary/aromatic N) is 4. The highest BCUT2D eigenvalue weighted by molar-refractivity contribution is 9.10. The number of nitriles is 1. The molecule has 86 valence electrons. The molecule has 0 bridgehead atoms. The van der Waals surface area contributed by atoms with Crippen molar-refractivity contribution in [1.29, 1.82) is 5.26 Å². The lowest BCUT2D eigenvalue weighted by atomic mass is 10.2. The molecule has 1 aromatic rings. The number of ether oxygens (including phenoxy) is 1. The lowest BCUT2D eigenvalue weighted by Gasteiger charge is -2.30. The molecule has 0 aromatic carbocycles. The van der Waals surface area contributed by atoms with Crippen LogP contribution in [0, 0.1) is 11.3 Å². The molecule has 1 aliphatic rings. The van der Waals surface area contributed by atoms with E-state index in [4.69, 9.17) is 4.74 Å². The SMILES string of the molecule is Cn1cnc(Br)c1C(C#N)N1CCOCC1. The maximum Gasteiger partial charge on any atom is 0.141 e. The molecular formula is C10H13BrN4O. The minimum atomic E-state index is -0.259. The number of morpholine rings is 1. The fraction of sp³-hybridized carbons (Fsp3) is 0.600. The summed E-state index contributed by atoms with van der Waals surface area (Å²) >= 11 is 3.38. The van der Waals surface area contributed by atoms with Crippen LogP contribution in [0.3, 0.4) is 0 Å². The molecule has 6 heteroatoms. The fourth-order valence-electron chi connectivity index (χ4n) is 1.87. The molecule has 0 amide bonds. The maximum atomic E-state index is 9.30. The Hall–Kier alpha value is -0.900. The summed E-state index contributed by atoms with van der Waals surface area (Å²) in [5.74, 6) is 0. The van der Waals surface area contributed by atoms with Crippen molar-refractivity contribution in [2.75, 3.05) is 26.3 Å². The summed E-state index contributed by atoms with van der Waals surface area (Å²) in [5, 5.41) is 9.30. The summed E-state index contributed by atoms with van der Waals surface area (Å²) in [4.78, 5) is 6.27. The van der Waals surface area contributed by atoms with Gasteiger partial charge in [-0.1, -0.05) is 0 Å².